The van der Waals surface area contributed by atoms with Crippen molar-refractivity contribution in [1.29, 1.82) is 0 Å². The van der Waals surface area contributed by atoms with Crippen LogP contribution in [0.25, 0.3) is 10.9 Å². The number of carbonyl (C=O) groups excluding carboxylic acids is 1. The zero-order valence-corrected chi connectivity index (χ0v) is 15.2. The first-order chi connectivity index (χ1) is 12.5. The molecule has 1 aromatic carbocycles. The van der Waals surface area contributed by atoms with E-state index < -0.39 is 0 Å². The van der Waals surface area contributed by atoms with E-state index in [1.807, 2.05) is 26.8 Å². The van der Waals surface area contributed by atoms with Gasteiger partial charge in [-0.15, -0.1) is 0 Å². The molecule has 0 aliphatic carbocycles. The summed E-state index contributed by atoms with van der Waals surface area (Å²) >= 11 is 0. The second kappa shape index (κ2) is 7.51. The lowest BCUT2D eigenvalue weighted by Crippen LogP contribution is -2.32. The van der Waals surface area contributed by atoms with Gasteiger partial charge in [-0.25, -0.2) is 4.98 Å². The number of aryl methyl sites for hydroxylation is 2. The molecular weight excluding hydrogens is 332 g/mol. The van der Waals surface area contributed by atoms with Crippen molar-refractivity contribution in [3.05, 3.63) is 57.5 Å². The average molecular weight is 354 g/mol. The maximum atomic E-state index is 12.6. The van der Waals surface area contributed by atoms with E-state index in [4.69, 9.17) is 4.52 Å². The second-order valence-electron chi connectivity index (χ2n) is 6.24. The normalized spacial score (nSPS) is 11.0. The number of fused-ring (bicyclic) bond motifs is 1. The van der Waals surface area contributed by atoms with Gasteiger partial charge in [0.25, 0.3) is 5.56 Å². The third-order valence-corrected chi connectivity index (χ3v) is 4.51. The first-order valence-electron chi connectivity index (χ1n) is 8.67. The summed E-state index contributed by atoms with van der Waals surface area (Å²) in [5.74, 6) is 1.24. The van der Waals surface area contributed by atoms with Crippen LogP contribution < -0.4 is 5.56 Å². The molecular formula is C19H22N4O3. The zero-order chi connectivity index (χ0) is 18.7. The SMILES string of the molecule is CCN(Cc1nc2ccccc2c(=O)[nH]1)C(=O)CCc1c(C)noc1C. The van der Waals surface area contributed by atoms with Crippen molar-refractivity contribution in [2.45, 2.75) is 40.2 Å². The topological polar surface area (TPSA) is 92.1 Å². The molecule has 3 aromatic rings. The van der Waals surface area contributed by atoms with Crippen LogP contribution in [0, 0.1) is 13.8 Å². The van der Waals surface area contributed by atoms with Crippen LogP contribution in [-0.2, 0) is 17.8 Å². The predicted octanol–water partition coefficient (Wildman–Crippen LogP) is 2.51. The monoisotopic (exact) mass is 354 g/mol. The highest BCUT2D eigenvalue weighted by Gasteiger charge is 2.17. The Hall–Kier alpha value is -2.96. The van der Waals surface area contributed by atoms with Gasteiger partial charge in [0.1, 0.15) is 11.6 Å². The molecule has 1 N–H and O–H groups in total. The van der Waals surface area contributed by atoms with Crippen molar-refractivity contribution in [1.82, 2.24) is 20.0 Å². The number of para-hydroxylation sites is 1. The van der Waals surface area contributed by atoms with Gasteiger partial charge >= 0.3 is 0 Å². The molecule has 7 heteroatoms. The van der Waals surface area contributed by atoms with Gasteiger partial charge in [-0.1, -0.05) is 17.3 Å². The molecule has 0 saturated heterocycles. The third-order valence-electron chi connectivity index (χ3n) is 4.51. The molecule has 0 aliphatic heterocycles. The highest BCUT2D eigenvalue weighted by atomic mass is 16.5. The van der Waals surface area contributed by atoms with Gasteiger partial charge in [0, 0.05) is 18.5 Å². The molecule has 0 saturated carbocycles. The number of hydrogen-bond donors (Lipinski definition) is 1. The number of aromatic nitrogens is 3. The summed E-state index contributed by atoms with van der Waals surface area (Å²) in [7, 11) is 0. The van der Waals surface area contributed by atoms with Crippen LogP contribution in [0.2, 0.25) is 0 Å². The lowest BCUT2D eigenvalue weighted by atomic mass is 10.1. The molecule has 2 heterocycles. The number of hydrogen-bond acceptors (Lipinski definition) is 5. The Morgan fingerprint density at radius 2 is 2.04 bits per heavy atom. The van der Waals surface area contributed by atoms with Crippen LogP contribution in [0.4, 0.5) is 0 Å². The number of amides is 1. The van der Waals surface area contributed by atoms with Gasteiger partial charge in [-0.2, -0.15) is 0 Å². The van der Waals surface area contributed by atoms with Crippen LogP contribution >= 0.6 is 0 Å². The van der Waals surface area contributed by atoms with E-state index in [0.717, 1.165) is 17.0 Å². The molecule has 3 rings (SSSR count). The minimum atomic E-state index is -0.190. The van der Waals surface area contributed by atoms with Crippen LogP contribution in [0.3, 0.4) is 0 Å². The molecule has 136 valence electrons. The molecule has 0 bridgehead atoms. The lowest BCUT2D eigenvalue weighted by molar-refractivity contribution is -0.131. The van der Waals surface area contributed by atoms with Gasteiger partial charge < -0.3 is 14.4 Å². The van der Waals surface area contributed by atoms with Crippen molar-refractivity contribution in [2.75, 3.05) is 6.54 Å². The Morgan fingerprint density at radius 3 is 2.73 bits per heavy atom. The molecule has 2 aromatic heterocycles. The highest BCUT2D eigenvalue weighted by molar-refractivity contribution is 5.78. The van der Waals surface area contributed by atoms with E-state index >= 15 is 0 Å². The van der Waals surface area contributed by atoms with E-state index in [1.165, 1.54) is 0 Å². The summed E-state index contributed by atoms with van der Waals surface area (Å²) in [6.07, 6.45) is 0.937. The van der Waals surface area contributed by atoms with Crippen molar-refractivity contribution in [2.24, 2.45) is 0 Å². The molecule has 0 unspecified atom stereocenters. The van der Waals surface area contributed by atoms with Crippen LogP contribution in [0.1, 0.15) is 36.2 Å². The summed E-state index contributed by atoms with van der Waals surface area (Å²) in [6, 6.07) is 7.17. The van der Waals surface area contributed by atoms with E-state index in [-0.39, 0.29) is 18.0 Å². The fourth-order valence-corrected chi connectivity index (χ4v) is 3.02. The smallest absolute Gasteiger partial charge is 0.258 e. The van der Waals surface area contributed by atoms with E-state index in [1.54, 1.807) is 23.1 Å². The predicted molar refractivity (Wildman–Crippen MR) is 97.8 cm³/mol. The standard InChI is InChI=1S/C19H22N4O3/c1-4-23(18(24)10-9-14-12(2)22-26-13(14)3)11-17-20-16-8-6-5-7-15(16)19(25)21-17/h5-8H,4,9-11H2,1-3H3,(H,20,21,25). The number of nitrogens with one attached hydrogen (secondary N) is 1. The molecule has 0 fully saturated rings. The Balaban J connectivity index is 1.73. The van der Waals surface area contributed by atoms with Crippen molar-refractivity contribution in [3.8, 4) is 0 Å². The first kappa shape index (κ1) is 17.8. The number of rotatable bonds is 6. The van der Waals surface area contributed by atoms with Gasteiger partial charge in [0.2, 0.25) is 5.91 Å². The van der Waals surface area contributed by atoms with Gasteiger partial charge in [0.15, 0.2) is 0 Å². The number of carbonyl (C=O) groups is 1. The molecule has 0 atom stereocenters. The highest BCUT2D eigenvalue weighted by Crippen LogP contribution is 2.15. The van der Waals surface area contributed by atoms with Gasteiger partial charge in [-0.05, 0) is 39.3 Å². The fraction of sp³-hybridized carbons (Fsp3) is 0.368. The Morgan fingerprint density at radius 1 is 1.27 bits per heavy atom. The average Bonchev–Trinajstić information content (AvgIpc) is 2.95. The first-order valence-corrected chi connectivity index (χ1v) is 8.67. The summed E-state index contributed by atoms with van der Waals surface area (Å²) in [5.41, 5.74) is 2.24. The van der Waals surface area contributed by atoms with Crippen molar-refractivity contribution in [3.63, 3.8) is 0 Å². The number of H-pyrrole nitrogens is 1. The maximum absolute atomic E-state index is 12.6. The van der Waals surface area contributed by atoms with Crippen molar-refractivity contribution >= 4 is 16.8 Å². The van der Waals surface area contributed by atoms with Crippen LogP contribution in [-0.4, -0.2) is 32.5 Å². The van der Waals surface area contributed by atoms with Crippen LogP contribution in [0.5, 0.6) is 0 Å². The molecule has 0 spiro atoms. The molecule has 0 aliphatic rings. The third kappa shape index (κ3) is 3.66. The molecule has 7 nitrogen and oxygen atoms in total. The molecule has 26 heavy (non-hydrogen) atoms. The fourth-order valence-electron chi connectivity index (χ4n) is 3.02. The summed E-state index contributed by atoms with van der Waals surface area (Å²) in [5, 5.41) is 4.46. The summed E-state index contributed by atoms with van der Waals surface area (Å²) < 4.78 is 5.14. The summed E-state index contributed by atoms with van der Waals surface area (Å²) in [6.45, 7) is 6.44. The molecule has 0 radical (unpaired) electrons. The Kier molecular flexibility index (Phi) is 5.16. The summed E-state index contributed by atoms with van der Waals surface area (Å²) in [4.78, 5) is 33.7. The van der Waals surface area contributed by atoms with E-state index in [0.29, 0.717) is 36.1 Å². The minimum Gasteiger partial charge on any atom is -0.361 e. The second-order valence-corrected chi connectivity index (χ2v) is 6.24. The van der Waals surface area contributed by atoms with Crippen LogP contribution in [0.15, 0.2) is 33.6 Å². The number of benzene rings is 1. The lowest BCUT2D eigenvalue weighted by Gasteiger charge is -2.20. The maximum Gasteiger partial charge on any atom is 0.258 e. The zero-order valence-electron chi connectivity index (χ0n) is 15.2. The number of aromatic amines is 1. The van der Waals surface area contributed by atoms with Gasteiger partial charge in [-0.3, -0.25) is 9.59 Å². The minimum absolute atomic E-state index is 0.00306. The Bertz CT molecular complexity index is 970. The largest absolute Gasteiger partial charge is 0.361 e. The number of nitrogens with zero attached hydrogens (tertiary/aromatic N) is 3. The van der Waals surface area contributed by atoms with Crippen molar-refractivity contribution < 1.29 is 9.32 Å². The Labute approximate surface area is 151 Å². The van der Waals surface area contributed by atoms with E-state index in [9.17, 15) is 9.59 Å². The van der Waals surface area contributed by atoms with E-state index in [2.05, 4.69) is 15.1 Å². The quantitative estimate of drug-likeness (QED) is 0.734. The molecule has 1 amide bonds. The van der Waals surface area contributed by atoms with Gasteiger partial charge in [0.05, 0.1) is 23.1 Å².